The lowest BCUT2D eigenvalue weighted by Gasteiger charge is -2.35. The van der Waals surface area contributed by atoms with Crippen molar-refractivity contribution in [1.29, 1.82) is 0 Å². The normalized spacial score (nSPS) is 30.0. The van der Waals surface area contributed by atoms with Crippen LogP contribution in [0, 0.1) is 5.41 Å². The number of phosphoric ester groups is 1. The molecule has 0 aliphatic carbocycles. The molecule has 0 bridgehead atoms. The van der Waals surface area contributed by atoms with Crippen LogP contribution in [0.2, 0.25) is 0 Å². The number of nitrogens with zero attached hydrogens (tertiary/aromatic N) is 2. The number of nitrogens with two attached hydrogens (primary N) is 1. The van der Waals surface area contributed by atoms with E-state index < -0.39 is 49.1 Å². The third-order valence-electron chi connectivity index (χ3n) is 5.53. The molecule has 36 heavy (non-hydrogen) atoms. The van der Waals surface area contributed by atoms with Crippen LogP contribution in [-0.2, 0) is 32.4 Å². The standard InChI is InChI=1S/C20H31N4O10PS/c1-5-30-18(27)22-11-19(2,3)16(25)36-9-8-31-35(29)32-10-12-14(34-35)20(4,28)15(33-12)24-7-6-13(21)23-17(24)26/h6-7,12,14-15,28H,5,8-11H2,1-4H3,(H,22,27)(H2,21,23,26)/t12-,14-,15-,20-,35-/m1/s1. The molecule has 3 heterocycles. The van der Waals surface area contributed by atoms with Gasteiger partial charge < -0.3 is 25.6 Å². The first-order valence-corrected chi connectivity index (χ1v) is 13.6. The van der Waals surface area contributed by atoms with E-state index in [1.54, 1.807) is 20.8 Å². The Balaban J connectivity index is 1.53. The number of nitrogen functional groups attached to an aromatic ring is 1. The Kier molecular flexibility index (Phi) is 8.87. The number of rotatable bonds is 9. The van der Waals surface area contributed by atoms with Crippen molar-refractivity contribution in [2.75, 3.05) is 37.9 Å². The lowest BCUT2D eigenvalue weighted by molar-refractivity contribution is -0.117. The second-order valence-corrected chi connectivity index (χ2v) is 11.7. The predicted octanol–water partition coefficient (Wildman–Crippen LogP) is 1.05. The number of carbonyl (C=O) groups excluding carboxylic acids is 2. The molecule has 16 heteroatoms. The molecule has 0 spiro atoms. The van der Waals surface area contributed by atoms with Crippen molar-refractivity contribution in [3.05, 3.63) is 22.7 Å². The number of carbonyl (C=O) groups is 2. The van der Waals surface area contributed by atoms with Crippen molar-refractivity contribution < 1.29 is 42.3 Å². The van der Waals surface area contributed by atoms with Gasteiger partial charge in [-0.25, -0.2) is 14.2 Å². The van der Waals surface area contributed by atoms with Gasteiger partial charge in [0.15, 0.2) is 11.3 Å². The highest BCUT2D eigenvalue weighted by atomic mass is 32.2. The first kappa shape index (κ1) is 28.6. The minimum absolute atomic E-state index is 0.0128. The highest BCUT2D eigenvalue weighted by Crippen LogP contribution is 2.58. The summed E-state index contributed by atoms with van der Waals surface area (Å²) in [6, 6.07) is 1.38. The van der Waals surface area contributed by atoms with Crippen molar-refractivity contribution in [3.63, 3.8) is 0 Å². The Morgan fingerprint density at radius 1 is 1.47 bits per heavy atom. The summed E-state index contributed by atoms with van der Waals surface area (Å²) in [6.45, 7) is 6.32. The maximum atomic E-state index is 13.0. The number of amides is 1. The topological polar surface area (TPSA) is 191 Å². The smallest absolute Gasteiger partial charge is 0.450 e. The molecule has 202 valence electrons. The van der Waals surface area contributed by atoms with Crippen LogP contribution in [0.3, 0.4) is 0 Å². The van der Waals surface area contributed by atoms with E-state index in [9.17, 15) is 24.1 Å². The molecule has 0 unspecified atom stereocenters. The minimum atomic E-state index is -4.10. The molecule has 3 rings (SSSR count). The first-order chi connectivity index (χ1) is 16.8. The predicted molar refractivity (Wildman–Crippen MR) is 128 cm³/mol. The van der Waals surface area contributed by atoms with Crippen LogP contribution in [0.1, 0.15) is 33.9 Å². The maximum Gasteiger partial charge on any atom is 0.475 e. The molecule has 0 saturated carbocycles. The van der Waals surface area contributed by atoms with E-state index in [0.717, 1.165) is 16.3 Å². The fraction of sp³-hybridized carbons (Fsp3) is 0.700. The van der Waals surface area contributed by atoms with Gasteiger partial charge in [0.2, 0.25) is 0 Å². The summed E-state index contributed by atoms with van der Waals surface area (Å²) >= 11 is 0.938. The van der Waals surface area contributed by atoms with Gasteiger partial charge in [-0.2, -0.15) is 4.98 Å². The van der Waals surface area contributed by atoms with Crippen molar-refractivity contribution >= 4 is 36.6 Å². The van der Waals surface area contributed by atoms with E-state index in [1.807, 2.05) is 0 Å². The number of nitrogens with one attached hydrogen (secondary N) is 1. The van der Waals surface area contributed by atoms with E-state index in [2.05, 4.69) is 10.3 Å². The van der Waals surface area contributed by atoms with Crippen LogP contribution in [0.4, 0.5) is 10.6 Å². The average molecular weight is 551 g/mol. The quantitative estimate of drug-likeness (QED) is 0.292. The van der Waals surface area contributed by atoms with Gasteiger partial charge in [-0.15, -0.1) is 0 Å². The molecular formula is C20H31N4O10PS. The zero-order valence-corrected chi connectivity index (χ0v) is 22.1. The number of aromatic nitrogens is 2. The maximum absolute atomic E-state index is 13.0. The summed E-state index contributed by atoms with van der Waals surface area (Å²) in [5, 5.41) is 13.4. The molecule has 1 aromatic heterocycles. The Labute approximate surface area is 211 Å². The second-order valence-electron chi connectivity index (χ2n) is 8.99. The summed E-state index contributed by atoms with van der Waals surface area (Å²) < 4.78 is 40.7. The number of anilines is 1. The Morgan fingerprint density at radius 3 is 2.86 bits per heavy atom. The van der Waals surface area contributed by atoms with Crippen LogP contribution >= 0.6 is 19.6 Å². The number of phosphoric acid groups is 1. The number of alkyl carbamates (subject to hydrolysis) is 1. The SMILES string of the molecule is CCOC(=O)NCC(C)(C)C(=O)SCCO[P@]1(=O)OC[C@H]2O[C@@H](n3ccc(N)nc3=O)[C@](C)(O)[C@@H]2O1. The van der Waals surface area contributed by atoms with E-state index in [1.165, 1.54) is 19.2 Å². The Bertz CT molecular complexity index is 1080. The average Bonchev–Trinajstić information content (AvgIpc) is 3.05. The monoisotopic (exact) mass is 550 g/mol. The summed E-state index contributed by atoms with van der Waals surface area (Å²) in [6.07, 6.45) is -2.43. The van der Waals surface area contributed by atoms with Gasteiger partial charge in [0.05, 0.1) is 25.2 Å². The number of hydrogen-bond acceptors (Lipinski definition) is 13. The fourth-order valence-electron chi connectivity index (χ4n) is 3.57. The third-order valence-corrected chi connectivity index (χ3v) is 8.16. The molecule has 2 aliphatic heterocycles. The van der Waals surface area contributed by atoms with Crippen LogP contribution in [0.5, 0.6) is 0 Å². The van der Waals surface area contributed by atoms with E-state index in [-0.39, 0.29) is 43.1 Å². The van der Waals surface area contributed by atoms with Crippen molar-refractivity contribution in [2.24, 2.45) is 5.41 Å². The highest BCUT2D eigenvalue weighted by Gasteiger charge is 2.60. The van der Waals surface area contributed by atoms with Gasteiger partial charge in [-0.3, -0.25) is 22.9 Å². The van der Waals surface area contributed by atoms with Gasteiger partial charge in [-0.1, -0.05) is 25.6 Å². The van der Waals surface area contributed by atoms with Gasteiger partial charge in [0, 0.05) is 18.5 Å². The first-order valence-electron chi connectivity index (χ1n) is 11.2. The molecule has 2 fully saturated rings. The molecule has 1 amide bonds. The number of aliphatic hydroxyl groups is 1. The van der Waals surface area contributed by atoms with Crippen LogP contribution < -0.4 is 16.7 Å². The zero-order valence-electron chi connectivity index (χ0n) is 20.4. The summed E-state index contributed by atoms with van der Waals surface area (Å²) in [4.78, 5) is 39.8. The third kappa shape index (κ3) is 6.46. The lowest BCUT2D eigenvalue weighted by atomic mass is 9.96. The number of hydrogen-bond donors (Lipinski definition) is 3. The summed E-state index contributed by atoms with van der Waals surface area (Å²) in [5.74, 6) is 0.146. The number of fused-ring (bicyclic) bond motifs is 1. The van der Waals surface area contributed by atoms with Crippen molar-refractivity contribution in [3.8, 4) is 0 Å². The summed E-state index contributed by atoms with van der Waals surface area (Å²) in [7, 11) is -4.10. The second kappa shape index (κ2) is 11.2. The molecule has 5 atom stereocenters. The van der Waals surface area contributed by atoms with E-state index in [4.69, 9.17) is 28.8 Å². The van der Waals surface area contributed by atoms with Crippen LogP contribution in [0.15, 0.2) is 17.1 Å². The molecule has 2 saturated heterocycles. The Morgan fingerprint density at radius 2 is 2.19 bits per heavy atom. The van der Waals surface area contributed by atoms with E-state index >= 15 is 0 Å². The van der Waals surface area contributed by atoms with Gasteiger partial charge >= 0.3 is 19.6 Å². The van der Waals surface area contributed by atoms with Crippen LogP contribution in [-0.4, -0.2) is 75.8 Å². The van der Waals surface area contributed by atoms with Gasteiger partial charge in [0.25, 0.3) is 0 Å². The lowest BCUT2D eigenvalue weighted by Crippen LogP contribution is -2.49. The molecular weight excluding hydrogens is 519 g/mol. The zero-order chi connectivity index (χ0) is 26.7. The van der Waals surface area contributed by atoms with Gasteiger partial charge in [-0.05, 0) is 19.9 Å². The van der Waals surface area contributed by atoms with Gasteiger partial charge in [0.1, 0.15) is 23.6 Å². The summed E-state index contributed by atoms with van der Waals surface area (Å²) in [5.41, 5.74) is 2.12. The molecule has 1 aromatic rings. The van der Waals surface area contributed by atoms with E-state index in [0.29, 0.717) is 0 Å². The number of ether oxygens (including phenoxy) is 2. The van der Waals surface area contributed by atoms with Crippen LogP contribution in [0.25, 0.3) is 0 Å². The molecule has 0 radical (unpaired) electrons. The molecule has 2 aliphatic rings. The largest absolute Gasteiger partial charge is 0.475 e. The molecule has 4 N–H and O–H groups in total. The molecule has 14 nitrogen and oxygen atoms in total. The number of thioether (sulfide) groups is 1. The Hall–Kier alpha value is -2.00. The fourth-order valence-corrected chi connectivity index (χ4v) is 5.98. The van der Waals surface area contributed by atoms with Crippen molar-refractivity contribution in [2.45, 2.75) is 51.7 Å². The van der Waals surface area contributed by atoms with Crippen molar-refractivity contribution in [1.82, 2.24) is 14.9 Å². The highest BCUT2D eigenvalue weighted by molar-refractivity contribution is 8.13. The minimum Gasteiger partial charge on any atom is -0.450 e. The molecule has 0 aromatic carbocycles.